The van der Waals surface area contributed by atoms with Crippen molar-refractivity contribution in [3.63, 3.8) is 0 Å². The van der Waals surface area contributed by atoms with E-state index in [1.807, 2.05) is 0 Å². The van der Waals surface area contributed by atoms with Crippen LogP contribution in [-0.4, -0.2) is 18.2 Å². The van der Waals surface area contributed by atoms with Gasteiger partial charge >= 0.3 is 0 Å². The average Bonchev–Trinajstić information content (AvgIpc) is 2.72. The Kier molecular flexibility index (Phi) is 6.28. The Morgan fingerprint density at radius 1 is 0.828 bits per heavy atom. The smallest absolute Gasteiger partial charge is 0.250 e. The Bertz CT molecular complexity index is 1120. The maximum atomic E-state index is 14.4. The van der Waals surface area contributed by atoms with Crippen LogP contribution in [0.4, 0.5) is 0 Å². The van der Waals surface area contributed by atoms with Crippen LogP contribution < -0.4 is 10.0 Å². The number of halogens is 2. The zero-order valence-corrected chi connectivity index (χ0v) is 18.1. The van der Waals surface area contributed by atoms with Crippen molar-refractivity contribution < 1.29 is 18.9 Å². The van der Waals surface area contributed by atoms with E-state index in [0.29, 0.717) is 5.56 Å². The van der Waals surface area contributed by atoms with Crippen molar-refractivity contribution in [1.29, 1.82) is 0 Å². The summed E-state index contributed by atoms with van der Waals surface area (Å²) in [7, 11) is -3.05. The molecule has 0 heterocycles. The van der Waals surface area contributed by atoms with Gasteiger partial charge in [0, 0.05) is 10.9 Å². The number of aryl methyl sites for hydroxylation is 1. The number of benzene rings is 3. The van der Waals surface area contributed by atoms with Crippen molar-refractivity contribution in [2.45, 2.75) is 6.92 Å². The highest BCUT2D eigenvalue weighted by Crippen LogP contribution is 2.55. The third kappa shape index (κ3) is 3.76. The van der Waals surface area contributed by atoms with Crippen LogP contribution in [0.1, 0.15) is 26.3 Å². The molecule has 0 aliphatic carbocycles. The lowest BCUT2D eigenvalue weighted by atomic mass is 10.2. The predicted molar refractivity (Wildman–Crippen MR) is 117 cm³/mol. The van der Waals surface area contributed by atoms with Gasteiger partial charge in [-0.3, -0.25) is 9.59 Å². The van der Waals surface area contributed by atoms with Crippen LogP contribution in [0.15, 0.2) is 66.7 Å². The molecule has 7 heteroatoms. The third-order valence-corrected chi connectivity index (χ3v) is 8.12. The number of hydrogen-bond donors (Lipinski definition) is 0. The van der Waals surface area contributed by atoms with E-state index in [9.17, 15) is 14.2 Å². The molecule has 0 aliphatic rings. The maximum absolute atomic E-state index is 14.4. The average molecular weight is 447 g/mol. The molecule has 0 spiro atoms. The minimum Gasteiger partial charge on any atom is -0.496 e. The minimum absolute atomic E-state index is 0.0162. The molecule has 148 valence electrons. The molecule has 1 atom stereocenters. The van der Waals surface area contributed by atoms with Crippen LogP contribution in [0, 0.1) is 6.92 Å². The second kappa shape index (κ2) is 8.54. The topological polar surface area (TPSA) is 60.4 Å². The fourth-order valence-corrected chi connectivity index (χ4v) is 6.61. The van der Waals surface area contributed by atoms with Crippen molar-refractivity contribution in [3.8, 4) is 5.75 Å². The van der Waals surface area contributed by atoms with Gasteiger partial charge in [0.1, 0.15) is 5.75 Å². The number of rotatable bonds is 6. The van der Waals surface area contributed by atoms with Gasteiger partial charge in [-0.2, -0.15) is 0 Å². The van der Waals surface area contributed by atoms with Gasteiger partial charge in [0.05, 0.1) is 22.7 Å². The van der Waals surface area contributed by atoms with Crippen LogP contribution >= 0.6 is 30.3 Å². The van der Waals surface area contributed by atoms with Crippen molar-refractivity contribution in [2.75, 3.05) is 7.11 Å². The summed E-state index contributed by atoms with van der Waals surface area (Å²) in [5.41, 5.74) is -1.20. The van der Waals surface area contributed by atoms with Crippen LogP contribution in [0.3, 0.4) is 0 Å². The van der Waals surface area contributed by atoms with Crippen LogP contribution in [0.5, 0.6) is 5.75 Å². The number of carbonyl (C=O) groups excluding carboxylic acids is 2. The predicted octanol–water partition coefficient (Wildman–Crippen LogP) is 5.98. The fourth-order valence-electron chi connectivity index (χ4n) is 3.12. The van der Waals surface area contributed by atoms with Gasteiger partial charge in [-0.05, 0) is 30.7 Å². The van der Waals surface area contributed by atoms with E-state index in [1.54, 1.807) is 43.3 Å². The van der Waals surface area contributed by atoms with E-state index in [4.69, 9.17) is 27.9 Å². The Balaban J connectivity index is 2.35. The van der Waals surface area contributed by atoms with Crippen LogP contribution in [0.2, 0.25) is 10.0 Å². The van der Waals surface area contributed by atoms with E-state index >= 15 is 0 Å². The molecule has 0 amide bonds. The van der Waals surface area contributed by atoms with E-state index in [2.05, 4.69) is 0 Å². The molecule has 0 radical (unpaired) electrons. The van der Waals surface area contributed by atoms with E-state index in [1.165, 1.54) is 37.4 Å². The maximum Gasteiger partial charge on any atom is 0.250 e. The molecule has 0 aliphatic heterocycles. The van der Waals surface area contributed by atoms with Gasteiger partial charge in [-0.25, -0.2) is 0 Å². The van der Waals surface area contributed by atoms with Gasteiger partial charge in [0.2, 0.25) is 11.0 Å². The highest BCUT2D eigenvalue weighted by atomic mass is 35.5. The Morgan fingerprint density at radius 3 is 2.07 bits per heavy atom. The number of carbonyl (C=O) groups is 2. The summed E-state index contributed by atoms with van der Waals surface area (Å²) in [6.45, 7) is 1.66. The zero-order valence-electron chi connectivity index (χ0n) is 15.7. The van der Waals surface area contributed by atoms with Crippen LogP contribution in [-0.2, 0) is 4.57 Å². The summed E-state index contributed by atoms with van der Waals surface area (Å²) in [4.78, 5) is 27.2. The number of ether oxygens (including phenoxy) is 1. The normalized spacial score (nSPS) is 12.8. The highest BCUT2D eigenvalue weighted by molar-refractivity contribution is 8.01. The van der Waals surface area contributed by atoms with Gasteiger partial charge < -0.3 is 9.30 Å². The Morgan fingerprint density at radius 2 is 1.45 bits per heavy atom. The quantitative estimate of drug-likeness (QED) is 0.437. The summed E-state index contributed by atoms with van der Waals surface area (Å²) in [5.74, 6) is 0.133. The van der Waals surface area contributed by atoms with E-state index in [0.717, 1.165) is 0 Å². The lowest BCUT2D eigenvalue weighted by Crippen LogP contribution is -2.24. The summed E-state index contributed by atoms with van der Waals surface area (Å²) in [5, 5.41) is 0.139. The molecule has 1 unspecified atom stereocenters. The molecular weight excluding hydrogens is 430 g/mol. The van der Waals surface area contributed by atoms with Crippen molar-refractivity contribution >= 4 is 46.7 Å². The first-order valence-electron chi connectivity index (χ1n) is 8.65. The standard InChI is InChI=1S/C22H17Cl2O4P/c1-14-8-6-12-17(24)20(14)29(27,21(25)15-9-4-3-5-10-15)22(26)19-16(23)11-7-13-18(19)28-2/h3-13H,1-2H3. The highest BCUT2D eigenvalue weighted by Gasteiger charge is 2.46. The van der Waals surface area contributed by atoms with Crippen molar-refractivity contribution in [2.24, 2.45) is 0 Å². The van der Waals surface area contributed by atoms with E-state index in [-0.39, 0.29) is 32.2 Å². The molecular formula is C22H17Cl2O4P. The van der Waals surface area contributed by atoms with Crippen molar-refractivity contribution in [1.82, 2.24) is 0 Å². The molecule has 3 aromatic carbocycles. The van der Waals surface area contributed by atoms with Gasteiger partial charge in [-0.15, -0.1) is 0 Å². The van der Waals surface area contributed by atoms with Crippen LogP contribution in [0.25, 0.3) is 0 Å². The third-order valence-electron chi connectivity index (χ3n) is 4.51. The monoisotopic (exact) mass is 446 g/mol. The molecule has 0 saturated carbocycles. The largest absolute Gasteiger partial charge is 0.496 e. The lowest BCUT2D eigenvalue weighted by molar-refractivity contribution is 0.103. The van der Waals surface area contributed by atoms with Gasteiger partial charge in [0.15, 0.2) is 0 Å². The summed E-state index contributed by atoms with van der Waals surface area (Å²) < 4.78 is 19.6. The second-order valence-corrected chi connectivity index (χ2v) is 9.60. The molecule has 4 nitrogen and oxygen atoms in total. The first kappa shape index (κ1) is 21.3. The molecule has 0 aromatic heterocycles. The van der Waals surface area contributed by atoms with E-state index < -0.39 is 18.2 Å². The Labute approximate surface area is 178 Å². The molecule has 0 bridgehead atoms. The molecule has 0 saturated heterocycles. The summed E-state index contributed by atoms with van der Waals surface area (Å²) in [6, 6.07) is 17.5. The molecule has 0 N–H and O–H groups in total. The molecule has 0 fully saturated rings. The van der Waals surface area contributed by atoms with Gasteiger partial charge in [-0.1, -0.05) is 71.7 Å². The SMILES string of the molecule is COc1cccc(Cl)c1C(=O)P(=O)(C(=O)c1ccccc1)c1c(C)cccc1Cl. The lowest BCUT2D eigenvalue weighted by Gasteiger charge is -2.21. The number of methoxy groups -OCH3 is 1. The first-order chi connectivity index (χ1) is 13.8. The first-order valence-corrected chi connectivity index (χ1v) is 11.1. The van der Waals surface area contributed by atoms with Crippen molar-refractivity contribution in [3.05, 3.63) is 93.5 Å². The summed E-state index contributed by atoms with van der Waals surface area (Å²) in [6.07, 6.45) is 0. The minimum atomic E-state index is -4.41. The Hall–Kier alpha value is -2.39. The zero-order chi connectivity index (χ0) is 21.2. The van der Waals surface area contributed by atoms with Gasteiger partial charge in [0.25, 0.3) is 7.14 Å². The number of hydrogen-bond acceptors (Lipinski definition) is 4. The fraction of sp³-hybridized carbons (Fsp3) is 0.0909. The molecule has 3 aromatic rings. The molecule has 29 heavy (non-hydrogen) atoms. The second-order valence-electron chi connectivity index (χ2n) is 6.31. The summed E-state index contributed by atoms with van der Waals surface area (Å²) >= 11 is 12.6. The molecule has 3 rings (SSSR count).